The third-order valence-corrected chi connectivity index (χ3v) is 8.74. The highest BCUT2D eigenvalue weighted by atomic mass is 35.5. The van der Waals surface area contributed by atoms with Crippen LogP contribution >= 0.6 is 23.4 Å². The summed E-state index contributed by atoms with van der Waals surface area (Å²) in [7, 11) is 0. The van der Waals surface area contributed by atoms with Gasteiger partial charge in [-0.25, -0.2) is 9.59 Å². The Hall–Kier alpha value is -4.50. The Bertz CT molecular complexity index is 1780. The summed E-state index contributed by atoms with van der Waals surface area (Å²) in [4.78, 5) is 23.2. The lowest BCUT2D eigenvalue weighted by molar-refractivity contribution is -0.150. The lowest BCUT2D eigenvalue weighted by atomic mass is 10.0. The van der Waals surface area contributed by atoms with E-state index in [1.165, 1.54) is 33.9 Å². The molecule has 242 valence electrons. The molecule has 1 aliphatic rings. The number of carboxylic acids is 2. The number of benzene rings is 4. The minimum Gasteiger partial charge on any atom is -0.488 e. The highest BCUT2D eigenvalue weighted by Gasteiger charge is 2.19. The van der Waals surface area contributed by atoms with Crippen LogP contribution < -0.4 is 9.47 Å². The molecule has 0 amide bonds. The zero-order chi connectivity index (χ0) is 33.2. The SMILES string of the molecule is CCOC(Cc1ccc(SC/C=C/c2ccc3c(c2)Cc2cc(/C=C\COc4ccc(OCC(=O)O)cc4Cl)ccc2-3)cc1)C(=O)O. The predicted octanol–water partition coefficient (Wildman–Crippen LogP) is 8.30. The van der Waals surface area contributed by atoms with Crippen LogP contribution in [0.25, 0.3) is 23.3 Å². The maximum absolute atomic E-state index is 11.3. The molecular formula is C38H35ClO7S. The second-order valence-corrected chi connectivity index (χ2v) is 12.3. The van der Waals surface area contributed by atoms with Crippen LogP contribution in [-0.4, -0.2) is 53.8 Å². The molecular weight excluding hydrogens is 636 g/mol. The number of hydrogen-bond acceptors (Lipinski definition) is 6. The summed E-state index contributed by atoms with van der Waals surface area (Å²) in [6.07, 6.45) is 8.68. The Balaban J connectivity index is 1.10. The number of rotatable bonds is 16. The maximum atomic E-state index is 11.3. The lowest BCUT2D eigenvalue weighted by Crippen LogP contribution is -2.26. The summed E-state index contributed by atoms with van der Waals surface area (Å²) in [5, 5.41) is 18.4. The molecule has 5 rings (SSSR count). The molecule has 1 atom stereocenters. The van der Waals surface area contributed by atoms with Crippen molar-refractivity contribution < 1.29 is 34.0 Å². The van der Waals surface area contributed by atoms with E-state index in [9.17, 15) is 14.7 Å². The fraction of sp³-hybridized carbons (Fsp3) is 0.211. The van der Waals surface area contributed by atoms with Crippen LogP contribution in [0.2, 0.25) is 5.02 Å². The molecule has 0 aromatic heterocycles. The zero-order valence-corrected chi connectivity index (χ0v) is 27.4. The van der Waals surface area contributed by atoms with Gasteiger partial charge < -0.3 is 24.4 Å². The third-order valence-electron chi connectivity index (χ3n) is 7.48. The molecule has 2 N–H and O–H groups in total. The van der Waals surface area contributed by atoms with Crippen molar-refractivity contribution >= 4 is 47.5 Å². The van der Waals surface area contributed by atoms with Gasteiger partial charge in [0, 0.05) is 29.7 Å². The molecule has 0 saturated carbocycles. The monoisotopic (exact) mass is 670 g/mol. The predicted molar refractivity (Wildman–Crippen MR) is 187 cm³/mol. The van der Waals surface area contributed by atoms with Crippen molar-refractivity contribution in [2.24, 2.45) is 0 Å². The summed E-state index contributed by atoms with van der Waals surface area (Å²) < 4.78 is 16.2. The molecule has 9 heteroatoms. The van der Waals surface area contributed by atoms with E-state index in [-0.39, 0.29) is 0 Å². The maximum Gasteiger partial charge on any atom is 0.341 e. The molecule has 0 bridgehead atoms. The molecule has 0 heterocycles. The van der Waals surface area contributed by atoms with Crippen molar-refractivity contribution in [3.05, 3.63) is 124 Å². The Morgan fingerprint density at radius 2 is 1.55 bits per heavy atom. The second kappa shape index (κ2) is 16.4. The van der Waals surface area contributed by atoms with Gasteiger partial charge in [0.2, 0.25) is 0 Å². The first-order valence-electron chi connectivity index (χ1n) is 15.2. The molecule has 7 nitrogen and oxygen atoms in total. The van der Waals surface area contributed by atoms with Crippen LogP contribution in [0.1, 0.15) is 34.7 Å². The van der Waals surface area contributed by atoms with Gasteiger partial charge in [-0.3, -0.25) is 0 Å². The number of hydrogen-bond donors (Lipinski definition) is 2. The molecule has 1 aliphatic carbocycles. The van der Waals surface area contributed by atoms with Gasteiger partial charge in [-0.05, 0) is 82.6 Å². The van der Waals surface area contributed by atoms with Crippen LogP contribution in [0.4, 0.5) is 0 Å². The second-order valence-electron chi connectivity index (χ2n) is 10.8. The number of ether oxygens (including phenoxy) is 3. The van der Waals surface area contributed by atoms with Gasteiger partial charge in [0.05, 0.1) is 5.02 Å². The number of aliphatic carboxylic acids is 2. The topological polar surface area (TPSA) is 102 Å². The summed E-state index contributed by atoms with van der Waals surface area (Å²) in [6.45, 7) is 2.06. The quantitative estimate of drug-likeness (QED) is 0.101. The van der Waals surface area contributed by atoms with Crippen molar-refractivity contribution in [3.8, 4) is 22.6 Å². The summed E-state index contributed by atoms with van der Waals surface area (Å²) >= 11 is 7.99. The van der Waals surface area contributed by atoms with E-state index < -0.39 is 24.6 Å². The van der Waals surface area contributed by atoms with Crippen molar-refractivity contribution in [1.82, 2.24) is 0 Å². The van der Waals surface area contributed by atoms with Crippen molar-refractivity contribution in [2.75, 3.05) is 25.6 Å². The van der Waals surface area contributed by atoms with Gasteiger partial charge in [-0.1, -0.05) is 78.4 Å². The average molecular weight is 671 g/mol. The van der Waals surface area contributed by atoms with Crippen LogP contribution in [0.5, 0.6) is 11.5 Å². The highest BCUT2D eigenvalue weighted by molar-refractivity contribution is 7.99. The Kier molecular flexibility index (Phi) is 11.8. The van der Waals surface area contributed by atoms with Crippen molar-refractivity contribution in [3.63, 3.8) is 0 Å². The molecule has 0 fully saturated rings. The van der Waals surface area contributed by atoms with Gasteiger partial charge in [0.1, 0.15) is 18.1 Å². The van der Waals surface area contributed by atoms with E-state index in [2.05, 4.69) is 48.6 Å². The molecule has 4 aromatic carbocycles. The zero-order valence-electron chi connectivity index (χ0n) is 25.9. The fourth-order valence-electron chi connectivity index (χ4n) is 5.30. The number of thioether (sulfide) groups is 1. The van der Waals surface area contributed by atoms with Gasteiger partial charge in [0.15, 0.2) is 12.7 Å². The van der Waals surface area contributed by atoms with Crippen molar-refractivity contribution in [1.29, 1.82) is 0 Å². The highest BCUT2D eigenvalue weighted by Crippen LogP contribution is 2.38. The van der Waals surface area contributed by atoms with Gasteiger partial charge in [0.25, 0.3) is 0 Å². The van der Waals surface area contributed by atoms with E-state index in [0.717, 1.165) is 28.2 Å². The van der Waals surface area contributed by atoms with Crippen LogP contribution in [0.3, 0.4) is 0 Å². The smallest absolute Gasteiger partial charge is 0.341 e. The number of carbonyl (C=O) groups is 2. The van der Waals surface area contributed by atoms with E-state index in [4.69, 9.17) is 30.9 Å². The minimum atomic E-state index is -1.06. The number of carboxylic acid groups (broad SMARTS) is 2. The standard InChI is InChI=1S/C38H35ClO7S/c1-2-44-36(38(42)43)21-27-7-12-31(13-8-27)47-18-4-6-26-10-15-33-29(20-26)22-28-19-25(9-14-32(28)33)5-3-17-45-35-16-11-30(23-34(35)39)46-24-37(40)41/h3-16,19-20,23,36H,2,17-18,21-22,24H2,1H3,(H,40,41)(H,42,43)/b5-3-,6-4+. The van der Waals surface area contributed by atoms with E-state index in [0.29, 0.717) is 36.2 Å². The Labute approximate surface area is 283 Å². The van der Waals surface area contributed by atoms with E-state index >= 15 is 0 Å². The lowest BCUT2D eigenvalue weighted by Gasteiger charge is -2.12. The Morgan fingerprint density at radius 1 is 0.872 bits per heavy atom. The summed E-state index contributed by atoms with van der Waals surface area (Å²) in [5.41, 5.74) is 8.33. The Morgan fingerprint density at radius 3 is 2.17 bits per heavy atom. The van der Waals surface area contributed by atoms with Crippen molar-refractivity contribution in [2.45, 2.75) is 30.8 Å². The van der Waals surface area contributed by atoms with Crippen LogP contribution in [0, 0.1) is 0 Å². The third kappa shape index (κ3) is 9.51. The minimum absolute atomic E-state index is 0.327. The first-order valence-corrected chi connectivity index (χ1v) is 16.6. The fourth-order valence-corrected chi connectivity index (χ4v) is 6.23. The van der Waals surface area contributed by atoms with Gasteiger partial charge >= 0.3 is 11.9 Å². The molecule has 4 aromatic rings. The number of halogens is 1. The normalized spacial score (nSPS) is 12.6. The molecule has 0 radical (unpaired) electrons. The van der Waals surface area contributed by atoms with E-state index in [1.807, 2.05) is 36.4 Å². The van der Waals surface area contributed by atoms with Gasteiger partial charge in [-0.15, -0.1) is 11.8 Å². The van der Waals surface area contributed by atoms with Crippen LogP contribution in [-0.2, 0) is 27.2 Å². The molecule has 0 spiro atoms. The average Bonchev–Trinajstić information content (AvgIpc) is 3.42. The first-order chi connectivity index (χ1) is 22.8. The number of fused-ring (bicyclic) bond motifs is 3. The largest absolute Gasteiger partial charge is 0.488 e. The summed E-state index contributed by atoms with van der Waals surface area (Å²) in [6, 6.07) is 25.9. The molecule has 0 saturated heterocycles. The van der Waals surface area contributed by atoms with Crippen LogP contribution in [0.15, 0.2) is 95.9 Å². The molecule has 47 heavy (non-hydrogen) atoms. The van der Waals surface area contributed by atoms with E-state index in [1.54, 1.807) is 30.8 Å². The molecule has 0 aliphatic heterocycles. The van der Waals surface area contributed by atoms with Gasteiger partial charge in [-0.2, -0.15) is 0 Å². The molecule has 1 unspecified atom stereocenters. The first kappa shape index (κ1) is 33.9. The summed E-state index contributed by atoms with van der Waals surface area (Å²) in [5.74, 6) is -0.307.